The standard InChI is InChI=1S/C10H14FN3O4/c1-12-6-2-3-14(10(17)13-6)9-7(11)8(16)5(4-15)18-9/h2-3,5,7-9,15-16H,4H2,1H3,(H,12,13,17). The molecular weight excluding hydrogens is 245 g/mol. The number of hydrogen-bond acceptors (Lipinski definition) is 6. The van der Waals surface area contributed by atoms with Crippen molar-refractivity contribution in [2.24, 2.45) is 0 Å². The number of nitrogens with zero attached hydrogens (tertiary/aromatic N) is 2. The van der Waals surface area contributed by atoms with Crippen LogP contribution in [0.5, 0.6) is 0 Å². The minimum atomic E-state index is -1.79. The van der Waals surface area contributed by atoms with Gasteiger partial charge in [0.05, 0.1) is 6.61 Å². The third-order valence-corrected chi connectivity index (χ3v) is 2.83. The second-order valence-corrected chi connectivity index (χ2v) is 3.94. The maximum atomic E-state index is 13.8. The first kappa shape index (κ1) is 12.9. The maximum absolute atomic E-state index is 13.8. The van der Waals surface area contributed by atoms with Gasteiger partial charge in [0.1, 0.15) is 18.0 Å². The van der Waals surface area contributed by atoms with Gasteiger partial charge in [-0.3, -0.25) is 4.57 Å². The second kappa shape index (κ2) is 5.01. The SMILES string of the molecule is CNc1ccn(C2OC(CO)C(O)C2F)c(=O)n1. The lowest BCUT2D eigenvalue weighted by Gasteiger charge is -2.15. The summed E-state index contributed by atoms with van der Waals surface area (Å²) in [7, 11) is 1.60. The van der Waals surface area contributed by atoms with Gasteiger partial charge >= 0.3 is 5.69 Å². The van der Waals surface area contributed by atoms with Crippen molar-refractivity contribution in [3.8, 4) is 0 Å². The highest BCUT2D eigenvalue weighted by Gasteiger charge is 2.45. The van der Waals surface area contributed by atoms with Crippen LogP contribution in [-0.2, 0) is 4.74 Å². The highest BCUT2D eigenvalue weighted by Crippen LogP contribution is 2.30. The van der Waals surface area contributed by atoms with Crippen LogP contribution in [0.4, 0.5) is 10.2 Å². The lowest BCUT2D eigenvalue weighted by molar-refractivity contribution is -0.0490. The normalized spacial score (nSPS) is 31.6. The van der Waals surface area contributed by atoms with E-state index in [1.54, 1.807) is 7.05 Å². The summed E-state index contributed by atoms with van der Waals surface area (Å²) >= 11 is 0. The molecule has 0 bridgehead atoms. The molecule has 18 heavy (non-hydrogen) atoms. The van der Waals surface area contributed by atoms with Crippen molar-refractivity contribution in [3.63, 3.8) is 0 Å². The number of anilines is 1. The summed E-state index contributed by atoms with van der Waals surface area (Å²) in [5.41, 5.74) is -0.694. The van der Waals surface area contributed by atoms with E-state index in [1.165, 1.54) is 12.3 Å². The Kier molecular flexibility index (Phi) is 3.60. The van der Waals surface area contributed by atoms with Crippen molar-refractivity contribution < 1.29 is 19.3 Å². The zero-order valence-corrected chi connectivity index (χ0v) is 9.65. The Morgan fingerprint density at radius 1 is 1.67 bits per heavy atom. The first-order valence-electron chi connectivity index (χ1n) is 5.44. The molecule has 3 N–H and O–H groups in total. The lowest BCUT2D eigenvalue weighted by atomic mass is 10.1. The fourth-order valence-electron chi connectivity index (χ4n) is 1.82. The Morgan fingerprint density at radius 3 is 2.89 bits per heavy atom. The van der Waals surface area contributed by atoms with Gasteiger partial charge in [-0.2, -0.15) is 4.98 Å². The number of rotatable bonds is 3. The molecule has 1 aromatic heterocycles. The number of aromatic nitrogens is 2. The van der Waals surface area contributed by atoms with Gasteiger partial charge < -0.3 is 20.3 Å². The van der Waals surface area contributed by atoms with Crippen LogP contribution in [0, 0.1) is 0 Å². The van der Waals surface area contributed by atoms with Gasteiger partial charge in [0.25, 0.3) is 0 Å². The Balaban J connectivity index is 2.30. The van der Waals surface area contributed by atoms with E-state index in [0.717, 1.165) is 4.57 Å². The number of aliphatic hydroxyl groups excluding tert-OH is 2. The van der Waals surface area contributed by atoms with Gasteiger partial charge in [0.15, 0.2) is 12.4 Å². The molecule has 8 heteroatoms. The van der Waals surface area contributed by atoms with Crippen LogP contribution >= 0.6 is 0 Å². The topological polar surface area (TPSA) is 96.6 Å². The van der Waals surface area contributed by atoms with E-state index >= 15 is 0 Å². The van der Waals surface area contributed by atoms with Crippen LogP contribution in [0.2, 0.25) is 0 Å². The van der Waals surface area contributed by atoms with E-state index in [4.69, 9.17) is 9.84 Å². The number of halogens is 1. The summed E-state index contributed by atoms with van der Waals surface area (Å²) in [6, 6.07) is 1.48. The quantitative estimate of drug-likeness (QED) is 0.636. The molecule has 1 aliphatic heterocycles. The number of nitrogens with one attached hydrogen (secondary N) is 1. The third kappa shape index (κ3) is 2.09. The molecule has 0 spiro atoms. The van der Waals surface area contributed by atoms with Crippen molar-refractivity contribution >= 4 is 5.82 Å². The van der Waals surface area contributed by atoms with E-state index in [9.17, 15) is 14.3 Å². The molecule has 0 aliphatic carbocycles. The predicted octanol–water partition coefficient (Wildman–Crippen LogP) is -1.13. The fourth-order valence-corrected chi connectivity index (χ4v) is 1.82. The molecule has 0 amide bonds. The molecule has 7 nitrogen and oxygen atoms in total. The van der Waals surface area contributed by atoms with Crippen molar-refractivity contribution in [2.75, 3.05) is 19.0 Å². The zero-order valence-electron chi connectivity index (χ0n) is 9.65. The van der Waals surface area contributed by atoms with Crippen molar-refractivity contribution in [3.05, 3.63) is 22.7 Å². The summed E-state index contributed by atoms with van der Waals surface area (Å²) in [6.07, 6.45) is -4.24. The smallest absolute Gasteiger partial charge is 0.351 e. The zero-order chi connectivity index (χ0) is 13.3. The summed E-state index contributed by atoms with van der Waals surface area (Å²) in [6.45, 7) is -0.519. The van der Waals surface area contributed by atoms with E-state index in [0.29, 0.717) is 5.82 Å². The maximum Gasteiger partial charge on any atom is 0.351 e. The molecule has 1 aliphatic rings. The van der Waals surface area contributed by atoms with Crippen LogP contribution in [0.1, 0.15) is 6.23 Å². The Hall–Kier alpha value is -1.51. The minimum absolute atomic E-state index is 0.351. The first-order chi connectivity index (χ1) is 8.58. The highest BCUT2D eigenvalue weighted by atomic mass is 19.1. The second-order valence-electron chi connectivity index (χ2n) is 3.94. The number of aliphatic hydroxyl groups is 2. The predicted molar refractivity (Wildman–Crippen MR) is 59.9 cm³/mol. The van der Waals surface area contributed by atoms with Gasteiger partial charge in [-0.15, -0.1) is 0 Å². The molecule has 2 heterocycles. The minimum Gasteiger partial charge on any atom is -0.394 e. The molecule has 2 rings (SSSR count). The Labute approximate surface area is 102 Å². The van der Waals surface area contributed by atoms with Gasteiger partial charge in [-0.25, -0.2) is 9.18 Å². The molecule has 4 unspecified atom stereocenters. The number of alkyl halides is 1. The van der Waals surface area contributed by atoms with Crippen molar-refractivity contribution in [1.82, 2.24) is 9.55 Å². The van der Waals surface area contributed by atoms with Crippen LogP contribution < -0.4 is 11.0 Å². The van der Waals surface area contributed by atoms with E-state index in [-0.39, 0.29) is 0 Å². The molecule has 4 atom stereocenters. The number of hydrogen-bond donors (Lipinski definition) is 3. The summed E-state index contributed by atoms with van der Waals surface area (Å²) in [5.74, 6) is 0.351. The lowest BCUT2D eigenvalue weighted by Crippen LogP contribution is -2.33. The molecule has 0 aromatic carbocycles. The molecule has 1 saturated heterocycles. The van der Waals surface area contributed by atoms with Crippen molar-refractivity contribution in [1.29, 1.82) is 0 Å². The van der Waals surface area contributed by atoms with Crippen LogP contribution in [0.15, 0.2) is 17.1 Å². The fraction of sp³-hybridized carbons (Fsp3) is 0.600. The van der Waals surface area contributed by atoms with E-state index in [2.05, 4.69) is 10.3 Å². The van der Waals surface area contributed by atoms with Crippen LogP contribution in [0.3, 0.4) is 0 Å². The largest absolute Gasteiger partial charge is 0.394 e. The summed E-state index contributed by atoms with van der Waals surface area (Å²) in [4.78, 5) is 15.3. The Morgan fingerprint density at radius 2 is 2.39 bits per heavy atom. The van der Waals surface area contributed by atoms with E-state index in [1.807, 2.05) is 0 Å². The van der Waals surface area contributed by atoms with Crippen molar-refractivity contribution in [2.45, 2.75) is 24.6 Å². The molecule has 1 aromatic rings. The van der Waals surface area contributed by atoms with Crippen LogP contribution in [-0.4, -0.2) is 51.8 Å². The third-order valence-electron chi connectivity index (χ3n) is 2.83. The molecule has 0 radical (unpaired) electrons. The van der Waals surface area contributed by atoms with Gasteiger partial charge in [0, 0.05) is 13.2 Å². The van der Waals surface area contributed by atoms with Gasteiger partial charge in [0.2, 0.25) is 0 Å². The number of ether oxygens (including phenoxy) is 1. The van der Waals surface area contributed by atoms with Crippen LogP contribution in [0.25, 0.3) is 0 Å². The average molecular weight is 259 g/mol. The summed E-state index contributed by atoms with van der Waals surface area (Å²) in [5, 5.41) is 21.1. The van der Waals surface area contributed by atoms with Gasteiger partial charge in [-0.1, -0.05) is 0 Å². The molecular formula is C10H14FN3O4. The highest BCUT2D eigenvalue weighted by molar-refractivity contribution is 5.30. The molecule has 1 fully saturated rings. The molecule has 0 saturated carbocycles. The van der Waals surface area contributed by atoms with E-state index < -0.39 is 36.9 Å². The Bertz CT molecular complexity index is 480. The average Bonchev–Trinajstić information content (AvgIpc) is 2.66. The molecule has 100 valence electrons. The monoisotopic (exact) mass is 259 g/mol. The summed E-state index contributed by atoms with van der Waals surface area (Å²) < 4.78 is 19.8. The van der Waals surface area contributed by atoms with Gasteiger partial charge in [-0.05, 0) is 6.07 Å². The first-order valence-corrected chi connectivity index (χ1v) is 5.44.